The molecule has 0 saturated heterocycles. The molecule has 0 aliphatic carbocycles. The fraction of sp³-hybridized carbons (Fsp3) is 0.222. The Morgan fingerprint density at radius 3 is 2.77 bits per heavy atom. The van der Waals surface area contributed by atoms with E-state index in [4.69, 9.17) is 0 Å². The summed E-state index contributed by atoms with van der Waals surface area (Å²) in [7, 11) is 0. The first-order valence-electron chi connectivity index (χ1n) is 8.03. The lowest BCUT2D eigenvalue weighted by molar-refractivity contribution is 0.238. The molecule has 1 aliphatic heterocycles. The molecule has 0 spiro atoms. The Hall–Kier alpha value is -2.45. The van der Waals surface area contributed by atoms with Crippen LogP contribution in [0.15, 0.2) is 34.4 Å². The summed E-state index contributed by atoms with van der Waals surface area (Å²) in [6.07, 6.45) is 0.531. The minimum absolute atomic E-state index is 0.0620. The average Bonchev–Trinajstić information content (AvgIpc) is 3.15. The molecule has 0 amide bonds. The highest BCUT2D eigenvalue weighted by atomic mass is 32.1. The molecule has 3 aromatic rings. The fourth-order valence-corrected chi connectivity index (χ4v) is 3.74. The van der Waals surface area contributed by atoms with Gasteiger partial charge < -0.3 is 4.98 Å². The van der Waals surface area contributed by atoms with Crippen molar-refractivity contribution in [1.29, 1.82) is 0 Å². The maximum absolute atomic E-state index is 13.9. The Morgan fingerprint density at radius 1 is 1.19 bits per heavy atom. The van der Waals surface area contributed by atoms with Gasteiger partial charge in [-0.05, 0) is 17.5 Å². The van der Waals surface area contributed by atoms with Crippen molar-refractivity contribution in [3.8, 4) is 10.7 Å². The van der Waals surface area contributed by atoms with Gasteiger partial charge in [-0.25, -0.2) is 18.2 Å². The largest absolute Gasteiger partial charge is 0.306 e. The van der Waals surface area contributed by atoms with Crippen molar-refractivity contribution in [3.05, 3.63) is 74.3 Å². The van der Waals surface area contributed by atoms with Gasteiger partial charge >= 0.3 is 0 Å². The van der Waals surface area contributed by atoms with E-state index in [9.17, 15) is 18.0 Å². The van der Waals surface area contributed by atoms with Crippen molar-refractivity contribution in [2.24, 2.45) is 0 Å². The van der Waals surface area contributed by atoms with Crippen LogP contribution in [0.2, 0.25) is 0 Å². The molecular formula is C18H14F3N3OS. The van der Waals surface area contributed by atoms with E-state index in [-0.39, 0.29) is 24.2 Å². The van der Waals surface area contributed by atoms with Gasteiger partial charge in [0, 0.05) is 37.7 Å². The summed E-state index contributed by atoms with van der Waals surface area (Å²) in [5.74, 6) is -2.55. The molecule has 1 N–H and O–H groups in total. The smallest absolute Gasteiger partial charge is 0.255 e. The second-order valence-electron chi connectivity index (χ2n) is 6.14. The molecule has 0 saturated carbocycles. The van der Waals surface area contributed by atoms with Gasteiger partial charge in [0.05, 0.1) is 16.1 Å². The molecule has 1 aromatic carbocycles. The molecule has 0 bridgehead atoms. The molecule has 0 atom stereocenters. The van der Waals surface area contributed by atoms with E-state index in [1.165, 1.54) is 11.3 Å². The molecule has 134 valence electrons. The number of aromatic nitrogens is 2. The highest BCUT2D eigenvalue weighted by molar-refractivity contribution is 7.13. The van der Waals surface area contributed by atoms with Crippen molar-refractivity contribution in [2.45, 2.75) is 19.5 Å². The topological polar surface area (TPSA) is 49.0 Å². The molecule has 1 aliphatic rings. The van der Waals surface area contributed by atoms with Crippen LogP contribution in [0.25, 0.3) is 10.7 Å². The number of hydrogen-bond donors (Lipinski definition) is 1. The molecule has 0 unspecified atom stereocenters. The number of benzene rings is 1. The first-order valence-corrected chi connectivity index (χ1v) is 8.91. The molecule has 26 heavy (non-hydrogen) atoms. The Kier molecular flexibility index (Phi) is 4.37. The monoisotopic (exact) mass is 377 g/mol. The Balaban J connectivity index is 1.59. The first-order chi connectivity index (χ1) is 12.5. The summed E-state index contributed by atoms with van der Waals surface area (Å²) in [6.45, 7) is 0.918. The van der Waals surface area contributed by atoms with Gasteiger partial charge in [-0.2, -0.15) is 0 Å². The van der Waals surface area contributed by atoms with E-state index in [2.05, 4.69) is 9.97 Å². The summed E-state index contributed by atoms with van der Waals surface area (Å²) in [5.41, 5.74) is 1.08. The Morgan fingerprint density at radius 2 is 2.00 bits per heavy atom. The van der Waals surface area contributed by atoms with Gasteiger partial charge in [-0.15, -0.1) is 11.3 Å². The van der Waals surface area contributed by atoms with Crippen LogP contribution in [-0.4, -0.2) is 21.4 Å². The highest BCUT2D eigenvalue weighted by Gasteiger charge is 2.23. The van der Waals surface area contributed by atoms with Crippen LogP contribution in [0.5, 0.6) is 0 Å². The standard InChI is InChI=1S/C18H14F3N3OS/c19-12-7-14(21)13(20)6-10(12)8-24-4-3-15-11(9-24)18(25)23-17(22-15)16-2-1-5-26-16/h1-2,5-7H,3-4,8-9H2,(H,22,23,25). The fourth-order valence-electron chi connectivity index (χ4n) is 3.07. The number of nitrogens with zero attached hydrogens (tertiary/aromatic N) is 2. The van der Waals surface area contributed by atoms with E-state index in [0.717, 1.165) is 16.6 Å². The van der Waals surface area contributed by atoms with Crippen LogP contribution in [0, 0.1) is 17.5 Å². The summed E-state index contributed by atoms with van der Waals surface area (Å²) in [4.78, 5) is 22.5. The summed E-state index contributed by atoms with van der Waals surface area (Å²) >= 11 is 1.49. The zero-order valence-electron chi connectivity index (χ0n) is 13.6. The lowest BCUT2D eigenvalue weighted by Gasteiger charge is -2.27. The highest BCUT2D eigenvalue weighted by Crippen LogP contribution is 2.24. The third-order valence-corrected chi connectivity index (χ3v) is 5.26. The number of rotatable bonds is 3. The molecule has 0 radical (unpaired) electrons. The number of hydrogen-bond acceptors (Lipinski definition) is 4. The minimum Gasteiger partial charge on any atom is -0.306 e. The molecule has 4 rings (SSSR count). The average molecular weight is 377 g/mol. The Bertz CT molecular complexity index is 1020. The van der Waals surface area contributed by atoms with Crippen LogP contribution in [0.3, 0.4) is 0 Å². The molecular weight excluding hydrogens is 363 g/mol. The summed E-state index contributed by atoms with van der Waals surface area (Å²) < 4.78 is 40.3. The zero-order chi connectivity index (χ0) is 18.3. The second kappa shape index (κ2) is 6.69. The lowest BCUT2D eigenvalue weighted by atomic mass is 10.1. The van der Waals surface area contributed by atoms with E-state index >= 15 is 0 Å². The van der Waals surface area contributed by atoms with E-state index < -0.39 is 17.5 Å². The predicted octanol–water partition coefficient (Wildman–Crippen LogP) is 3.47. The van der Waals surface area contributed by atoms with Crippen molar-refractivity contribution in [3.63, 3.8) is 0 Å². The summed E-state index contributed by atoms with van der Waals surface area (Å²) in [6, 6.07) is 5.18. The first kappa shape index (κ1) is 17.0. The van der Waals surface area contributed by atoms with Crippen LogP contribution in [0.1, 0.15) is 16.8 Å². The Labute approximate surface area is 150 Å². The van der Waals surface area contributed by atoms with Crippen molar-refractivity contribution in [1.82, 2.24) is 14.9 Å². The van der Waals surface area contributed by atoms with Crippen molar-refractivity contribution < 1.29 is 13.2 Å². The molecule has 2 aromatic heterocycles. The number of aromatic amines is 1. The number of thiophene rings is 1. The van der Waals surface area contributed by atoms with Gasteiger partial charge in [0.1, 0.15) is 5.82 Å². The maximum atomic E-state index is 13.9. The molecule has 8 heteroatoms. The predicted molar refractivity (Wildman–Crippen MR) is 92.3 cm³/mol. The number of fused-ring (bicyclic) bond motifs is 1. The van der Waals surface area contributed by atoms with Gasteiger partial charge in [0.15, 0.2) is 17.5 Å². The van der Waals surface area contributed by atoms with Gasteiger partial charge in [-0.1, -0.05) is 6.07 Å². The normalized spacial score (nSPS) is 14.4. The molecule has 0 fully saturated rings. The van der Waals surface area contributed by atoms with Crippen molar-refractivity contribution >= 4 is 11.3 Å². The van der Waals surface area contributed by atoms with Gasteiger partial charge in [0.2, 0.25) is 0 Å². The maximum Gasteiger partial charge on any atom is 0.255 e. The number of halogens is 3. The van der Waals surface area contributed by atoms with Crippen LogP contribution in [-0.2, 0) is 19.5 Å². The lowest BCUT2D eigenvalue weighted by Crippen LogP contribution is -2.35. The van der Waals surface area contributed by atoms with Crippen LogP contribution >= 0.6 is 11.3 Å². The van der Waals surface area contributed by atoms with Crippen LogP contribution in [0.4, 0.5) is 13.2 Å². The van der Waals surface area contributed by atoms with Gasteiger partial charge in [-0.3, -0.25) is 9.69 Å². The zero-order valence-corrected chi connectivity index (χ0v) is 14.4. The van der Waals surface area contributed by atoms with E-state index in [1.54, 1.807) is 0 Å². The molecule has 3 heterocycles. The number of nitrogens with one attached hydrogen (secondary N) is 1. The third kappa shape index (κ3) is 3.17. The van der Waals surface area contributed by atoms with E-state index in [0.29, 0.717) is 30.4 Å². The van der Waals surface area contributed by atoms with Crippen LogP contribution < -0.4 is 5.56 Å². The number of H-pyrrole nitrogens is 1. The SMILES string of the molecule is O=c1[nH]c(-c2cccs2)nc2c1CN(Cc1cc(F)c(F)cc1F)CC2. The quantitative estimate of drug-likeness (QED) is 0.711. The van der Waals surface area contributed by atoms with E-state index in [1.807, 2.05) is 22.4 Å². The molecule has 4 nitrogen and oxygen atoms in total. The van der Waals surface area contributed by atoms with Crippen molar-refractivity contribution in [2.75, 3.05) is 6.54 Å². The van der Waals surface area contributed by atoms with Gasteiger partial charge in [0.25, 0.3) is 5.56 Å². The third-order valence-electron chi connectivity index (χ3n) is 4.39. The minimum atomic E-state index is -1.21. The second-order valence-corrected chi connectivity index (χ2v) is 7.08. The summed E-state index contributed by atoms with van der Waals surface area (Å²) in [5, 5.41) is 1.91.